The zero-order valence-corrected chi connectivity index (χ0v) is 18.5. The van der Waals surface area contributed by atoms with Crippen LogP contribution in [-0.2, 0) is 14.8 Å². The van der Waals surface area contributed by atoms with Gasteiger partial charge in [-0.2, -0.15) is 5.26 Å². The van der Waals surface area contributed by atoms with Crippen molar-refractivity contribution in [3.63, 3.8) is 0 Å². The van der Waals surface area contributed by atoms with E-state index in [4.69, 9.17) is 14.4 Å². The van der Waals surface area contributed by atoms with Crippen LogP contribution in [0.15, 0.2) is 57.0 Å². The maximum atomic E-state index is 12.8. The molecule has 3 aromatic rings. The first-order valence-electron chi connectivity index (χ1n) is 9.14. The van der Waals surface area contributed by atoms with E-state index in [1.54, 1.807) is 31.3 Å². The number of anilines is 1. The van der Waals surface area contributed by atoms with Gasteiger partial charge in [0, 0.05) is 13.6 Å². The fourth-order valence-corrected chi connectivity index (χ4v) is 4.49. The second kappa shape index (κ2) is 9.72. The van der Waals surface area contributed by atoms with E-state index in [0.717, 1.165) is 11.8 Å². The number of benzene rings is 2. The summed E-state index contributed by atoms with van der Waals surface area (Å²) in [6.07, 6.45) is 0.260. The molecule has 3 rings (SSSR count). The molecule has 11 heteroatoms. The van der Waals surface area contributed by atoms with Crippen LogP contribution in [0, 0.1) is 11.3 Å². The highest BCUT2D eigenvalue weighted by Gasteiger charge is 2.19. The summed E-state index contributed by atoms with van der Waals surface area (Å²) in [5.74, 6) is 0.332. The van der Waals surface area contributed by atoms with E-state index in [2.05, 4.69) is 9.71 Å². The lowest BCUT2D eigenvalue weighted by atomic mass is 10.3. The number of methoxy groups -OCH3 is 1. The lowest BCUT2D eigenvalue weighted by molar-refractivity contribution is -0.127. The van der Waals surface area contributed by atoms with Gasteiger partial charge in [-0.15, -0.1) is 0 Å². The quantitative estimate of drug-likeness (QED) is 0.483. The molecule has 0 fully saturated rings. The summed E-state index contributed by atoms with van der Waals surface area (Å²) >= 11 is 1.10. The molecule has 0 saturated heterocycles. The topological polar surface area (TPSA) is 126 Å². The van der Waals surface area contributed by atoms with Crippen LogP contribution in [0.25, 0.3) is 11.1 Å². The van der Waals surface area contributed by atoms with Crippen LogP contribution < -0.4 is 9.46 Å². The van der Waals surface area contributed by atoms with Crippen molar-refractivity contribution in [3.05, 3.63) is 42.5 Å². The summed E-state index contributed by atoms with van der Waals surface area (Å²) in [4.78, 5) is 17.8. The van der Waals surface area contributed by atoms with Gasteiger partial charge < -0.3 is 14.1 Å². The number of oxazole rings is 1. The van der Waals surface area contributed by atoms with Crippen LogP contribution >= 0.6 is 11.8 Å². The highest BCUT2D eigenvalue weighted by molar-refractivity contribution is 7.99. The predicted octanol–water partition coefficient (Wildman–Crippen LogP) is 3.10. The molecule has 1 amide bonds. The molecule has 0 radical (unpaired) electrons. The Morgan fingerprint density at radius 1 is 1.32 bits per heavy atom. The van der Waals surface area contributed by atoms with Gasteiger partial charge in [0.15, 0.2) is 5.58 Å². The van der Waals surface area contributed by atoms with E-state index >= 15 is 0 Å². The fourth-order valence-electron chi connectivity index (χ4n) is 2.62. The Morgan fingerprint density at radius 2 is 2.10 bits per heavy atom. The summed E-state index contributed by atoms with van der Waals surface area (Å²) in [6.45, 7) is 0.351. The minimum atomic E-state index is -3.88. The Balaban J connectivity index is 1.74. The SMILES string of the molecule is COc1ccccc1NS(=O)(=O)c1ccc2oc(SCC(=O)N(C)CCC#N)nc2c1. The molecule has 0 spiro atoms. The maximum absolute atomic E-state index is 12.8. The number of nitriles is 1. The van der Waals surface area contributed by atoms with Gasteiger partial charge in [0.2, 0.25) is 5.91 Å². The molecule has 0 aliphatic heterocycles. The number of carbonyl (C=O) groups excluding carboxylic acids is 1. The van der Waals surface area contributed by atoms with E-state index in [-0.39, 0.29) is 28.2 Å². The maximum Gasteiger partial charge on any atom is 0.262 e. The minimum Gasteiger partial charge on any atom is -0.495 e. The van der Waals surface area contributed by atoms with Crippen molar-refractivity contribution in [2.45, 2.75) is 16.5 Å². The van der Waals surface area contributed by atoms with Crippen molar-refractivity contribution in [1.82, 2.24) is 9.88 Å². The zero-order valence-electron chi connectivity index (χ0n) is 16.9. The summed E-state index contributed by atoms with van der Waals surface area (Å²) in [6, 6.07) is 13.0. The van der Waals surface area contributed by atoms with Gasteiger partial charge in [-0.3, -0.25) is 9.52 Å². The van der Waals surface area contributed by atoms with Crippen molar-refractivity contribution in [1.29, 1.82) is 5.26 Å². The number of para-hydroxylation sites is 2. The molecule has 0 saturated carbocycles. The molecular formula is C20H20N4O5S2. The van der Waals surface area contributed by atoms with E-state index in [0.29, 0.717) is 29.1 Å². The smallest absolute Gasteiger partial charge is 0.262 e. The number of fused-ring (bicyclic) bond motifs is 1. The normalized spacial score (nSPS) is 11.1. The molecule has 162 valence electrons. The Hall–Kier alpha value is -3.23. The Labute approximate surface area is 184 Å². The minimum absolute atomic E-state index is 0.0167. The Bertz CT molecular complexity index is 1230. The molecule has 1 heterocycles. The number of carbonyl (C=O) groups is 1. The van der Waals surface area contributed by atoms with E-state index in [1.165, 1.54) is 30.2 Å². The van der Waals surface area contributed by atoms with Crippen LogP contribution in [0.4, 0.5) is 5.69 Å². The van der Waals surface area contributed by atoms with Crippen LogP contribution in [0.2, 0.25) is 0 Å². The fraction of sp³-hybridized carbons (Fsp3) is 0.250. The number of nitrogens with zero attached hydrogens (tertiary/aromatic N) is 3. The molecule has 0 unspecified atom stereocenters. The van der Waals surface area contributed by atoms with Crippen molar-refractivity contribution in [2.75, 3.05) is 31.2 Å². The van der Waals surface area contributed by atoms with E-state index < -0.39 is 10.0 Å². The summed E-state index contributed by atoms with van der Waals surface area (Å²) < 4.78 is 38.9. The first kappa shape index (κ1) is 22.5. The van der Waals surface area contributed by atoms with Crippen molar-refractivity contribution in [2.24, 2.45) is 0 Å². The molecule has 0 bridgehead atoms. The van der Waals surface area contributed by atoms with Crippen molar-refractivity contribution < 1.29 is 22.4 Å². The molecule has 0 aliphatic rings. The second-order valence-electron chi connectivity index (χ2n) is 6.43. The first-order valence-corrected chi connectivity index (χ1v) is 11.6. The van der Waals surface area contributed by atoms with Gasteiger partial charge in [-0.05, 0) is 30.3 Å². The highest BCUT2D eigenvalue weighted by Crippen LogP contribution is 2.29. The van der Waals surface area contributed by atoms with Gasteiger partial charge in [-0.25, -0.2) is 13.4 Å². The number of hydrogen-bond acceptors (Lipinski definition) is 8. The lowest BCUT2D eigenvalue weighted by Crippen LogP contribution is -2.29. The number of sulfonamides is 1. The monoisotopic (exact) mass is 460 g/mol. The van der Waals surface area contributed by atoms with Crippen molar-refractivity contribution in [3.8, 4) is 11.8 Å². The predicted molar refractivity (Wildman–Crippen MR) is 116 cm³/mol. The van der Waals surface area contributed by atoms with Gasteiger partial charge in [-0.1, -0.05) is 23.9 Å². The van der Waals surface area contributed by atoms with Gasteiger partial charge in [0.1, 0.15) is 11.3 Å². The van der Waals surface area contributed by atoms with Gasteiger partial charge in [0.05, 0.1) is 35.9 Å². The molecule has 1 N–H and O–H groups in total. The summed E-state index contributed by atoms with van der Waals surface area (Å²) in [7, 11) is -0.798. The Kier molecular flexibility index (Phi) is 7.04. The van der Waals surface area contributed by atoms with Gasteiger partial charge in [0.25, 0.3) is 15.2 Å². The molecular weight excluding hydrogens is 440 g/mol. The first-order chi connectivity index (χ1) is 14.8. The average Bonchev–Trinajstić information content (AvgIpc) is 3.18. The van der Waals surface area contributed by atoms with Crippen LogP contribution in [-0.4, -0.2) is 50.7 Å². The molecule has 31 heavy (non-hydrogen) atoms. The number of thioether (sulfide) groups is 1. The third kappa shape index (κ3) is 5.48. The second-order valence-corrected chi connectivity index (χ2v) is 9.04. The summed E-state index contributed by atoms with van der Waals surface area (Å²) in [5.41, 5.74) is 1.08. The van der Waals surface area contributed by atoms with Crippen LogP contribution in [0.1, 0.15) is 6.42 Å². The number of rotatable bonds is 9. The lowest BCUT2D eigenvalue weighted by Gasteiger charge is -2.14. The number of nitrogens with one attached hydrogen (secondary N) is 1. The highest BCUT2D eigenvalue weighted by atomic mass is 32.2. The molecule has 2 aromatic carbocycles. The summed E-state index contributed by atoms with van der Waals surface area (Å²) in [5, 5.41) is 8.86. The van der Waals surface area contributed by atoms with Crippen LogP contribution in [0.3, 0.4) is 0 Å². The average molecular weight is 461 g/mol. The number of hydrogen-bond donors (Lipinski definition) is 1. The molecule has 0 atom stereocenters. The van der Waals surface area contributed by atoms with Gasteiger partial charge >= 0.3 is 0 Å². The third-order valence-electron chi connectivity index (χ3n) is 4.30. The third-order valence-corrected chi connectivity index (χ3v) is 6.48. The largest absolute Gasteiger partial charge is 0.495 e. The molecule has 1 aromatic heterocycles. The Morgan fingerprint density at radius 3 is 2.84 bits per heavy atom. The number of aromatic nitrogens is 1. The van der Waals surface area contributed by atoms with E-state index in [9.17, 15) is 13.2 Å². The van der Waals surface area contributed by atoms with Crippen molar-refractivity contribution >= 4 is 44.5 Å². The molecule has 9 nitrogen and oxygen atoms in total. The number of amides is 1. The zero-order chi connectivity index (χ0) is 22.4. The standard InChI is InChI=1S/C20H20N4O5S2/c1-24(11-5-10-21)19(25)13-30-20-22-16-12-14(8-9-18(16)29-20)31(26,27)23-15-6-3-4-7-17(15)28-2/h3-4,6-9,12,23H,5,11,13H2,1-2H3. The van der Waals surface area contributed by atoms with E-state index in [1.807, 2.05) is 6.07 Å². The number of ether oxygens (including phenoxy) is 1. The molecule has 0 aliphatic carbocycles. The van der Waals surface area contributed by atoms with Crippen LogP contribution in [0.5, 0.6) is 5.75 Å².